The highest BCUT2D eigenvalue weighted by Gasteiger charge is 2.28. The predicted molar refractivity (Wildman–Crippen MR) is 85.1 cm³/mol. The van der Waals surface area contributed by atoms with Crippen LogP contribution in [0.5, 0.6) is 5.75 Å². The van der Waals surface area contributed by atoms with E-state index in [0.29, 0.717) is 11.4 Å². The number of esters is 1. The molecule has 1 heterocycles. The van der Waals surface area contributed by atoms with E-state index >= 15 is 0 Å². The Kier molecular flexibility index (Phi) is 4.96. The zero-order valence-electron chi connectivity index (χ0n) is 14.0. The number of alkyl carbamates (subject to hydrolysis) is 1. The van der Waals surface area contributed by atoms with Gasteiger partial charge in [0.15, 0.2) is 0 Å². The molecule has 130 valence electrons. The molecule has 0 saturated carbocycles. The Bertz CT molecular complexity index is 665. The van der Waals surface area contributed by atoms with Gasteiger partial charge >= 0.3 is 12.1 Å². The summed E-state index contributed by atoms with van der Waals surface area (Å²) in [6, 6.07) is 3.61. The van der Waals surface area contributed by atoms with Crippen molar-refractivity contribution in [3.8, 4) is 5.75 Å². The van der Waals surface area contributed by atoms with Crippen LogP contribution in [-0.4, -0.2) is 43.3 Å². The molecule has 1 aliphatic heterocycles. The Morgan fingerprint density at radius 1 is 1.33 bits per heavy atom. The van der Waals surface area contributed by atoms with Crippen molar-refractivity contribution in [2.75, 3.05) is 19.0 Å². The number of methoxy groups -OCH3 is 1. The fourth-order valence-electron chi connectivity index (χ4n) is 2.02. The molecule has 8 nitrogen and oxygen atoms in total. The molecule has 1 atom stereocenters. The van der Waals surface area contributed by atoms with Crippen LogP contribution in [0, 0.1) is 0 Å². The molecule has 0 spiro atoms. The van der Waals surface area contributed by atoms with Crippen molar-refractivity contribution in [1.29, 1.82) is 0 Å². The van der Waals surface area contributed by atoms with Crippen molar-refractivity contribution in [2.24, 2.45) is 0 Å². The molecule has 1 aromatic carbocycles. The molecule has 1 unspecified atom stereocenters. The summed E-state index contributed by atoms with van der Waals surface area (Å²) in [5.41, 5.74) is -0.0695. The van der Waals surface area contributed by atoms with Gasteiger partial charge in [-0.2, -0.15) is 0 Å². The molecule has 2 amide bonds. The summed E-state index contributed by atoms with van der Waals surface area (Å²) < 4.78 is 15.3. The highest BCUT2D eigenvalue weighted by molar-refractivity contribution is 6.00. The van der Waals surface area contributed by atoms with E-state index in [1.165, 1.54) is 19.2 Å². The lowest BCUT2D eigenvalue weighted by Crippen LogP contribution is -2.48. The molecular formula is C16H20N2O6. The molecule has 2 N–H and O–H groups in total. The summed E-state index contributed by atoms with van der Waals surface area (Å²) in [6.45, 7) is 5.11. The first-order valence-electron chi connectivity index (χ1n) is 7.35. The zero-order valence-corrected chi connectivity index (χ0v) is 14.0. The van der Waals surface area contributed by atoms with Gasteiger partial charge < -0.3 is 24.8 Å². The van der Waals surface area contributed by atoms with Crippen molar-refractivity contribution < 1.29 is 28.6 Å². The summed E-state index contributed by atoms with van der Waals surface area (Å²) in [4.78, 5) is 35.6. The Morgan fingerprint density at radius 2 is 2.04 bits per heavy atom. The Labute approximate surface area is 139 Å². The maximum absolute atomic E-state index is 12.3. The third-order valence-corrected chi connectivity index (χ3v) is 3.07. The van der Waals surface area contributed by atoms with E-state index in [1.54, 1.807) is 26.8 Å². The first-order valence-corrected chi connectivity index (χ1v) is 7.35. The summed E-state index contributed by atoms with van der Waals surface area (Å²) in [6.07, 6.45) is -0.715. The molecule has 1 aliphatic rings. The van der Waals surface area contributed by atoms with Gasteiger partial charge in [-0.25, -0.2) is 9.59 Å². The third kappa shape index (κ3) is 4.37. The number of anilines is 1. The number of amides is 2. The topological polar surface area (TPSA) is 103 Å². The molecule has 24 heavy (non-hydrogen) atoms. The van der Waals surface area contributed by atoms with Crippen molar-refractivity contribution in [2.45, 2.75) is 32.4 Å². The highest BCUT2D eigenvalue weighted by Crippen LogP contribution is 2.28. The molecular weight excluding hydrogens is 316 g/mol. The zero-order chi connectivity index (χ0) is 17.9. The molecule has 8 heteroatoms. The van der Waals surface area contributed by atoms with Crippen LogP contribution >= 0.6 is 0 Å². The number of carbonyl (C=O) groups excluding carboxylic acids is 3. The van der Waals surface area contributed by atoms with E-state index in [-0.39, 0.29) is 12.2 Å². The number of nitrogens with one attached hydrogen (secondary N) is 2. The summed E-state index contributed by atoms with van der Waals surface area (Å²) in [5.74, 6) is -0.606. The average molecular weight is 336 g/mol. The second-order valence-corrected chi connectivity index (χ2v) is 6.20. The molecule has 1 aromatic rings. The monoisotopic (exact) mass is 336 g/mol. The van der Waals surface area contributed by atoms with Crippen LogP contribution in [0.2, 0.25) is 0 Å². The molecule has 0 aromatic heterocycles. The van der Waals surface area contributed by atoms with Gasteiger partial charge in [0, 0.05) is 0 Å². The summed E-state index contributed by atoms with van der Waals surface area (Å²) >= 11 is 0. The lowest BCUT2D eigenvalue weighted by Gasteiger charge is -2.22. The predicted octanol–water partition coefficient (Wildman–Crippen LogP) is 1.70. The highest BCUT2D eigenvalue weighted by atomic mass is 16.6. The lowest BCUT2D eigenvalue weighted by atomic mass is 10.2. The number of hydrogen-bond acceptors (Lipinski definition) is 6. The summed E-state index contributed by atoms with van der Waals surface area (Å²) in [7, 11) is 1.27. The van der Waals surface area contributed by atoms with E-state index < -0.39 is 29.6 Å². The number of fused-ring (bicyclic) bond motifs is 1. The Balaban J connectivity index is 2.11. The smallest absolute Gasteiger partial charge is 0.408 e. The van der Waals surface area contributed by atoms with Crippen molar-refractivity contribution >= 4 is 23.7 Å². The summed E-state index contributed by atoms with van der Waals surface area (Å²) in [5, 5.41) is 5.08. The van der Waals surface area contributed by atoms with Crippen LogP contribution in [0.4, 0.5) is 10.5 Å². The molecule has 0 bridgehead atoms. The molecule has 2 rings (SSSR count). The largest absolute Gasteiger partial charge is 0.489 e. The number of carbonyl (C=O) groups is 3. The van der Waals surface area contributed by atoms with E-state index in [2.05, 4.69) is 15.4 Å². The number of rotatable bonds is 2. The first-order chi connectivity index (χ1) is 11.2. The maximum Gasteiger partial charge on any atom is 0.408 e. The normalized spacial score (nSPS) is 16.8. The SMILES string of the molecule is COC(=O)c1ccc2c(c1)NC(=O)C(NC(=O)OC(C)(C)C)CO2. The Morgan fingerprint density at radius 3 is 2.67 bits per heavy atom. The van der Waals surface area contributed by atoms with Crippen molar-refractivity contribution in [3.63, 3.8) is 0 Å². The van der Waals surface area contributed by atoms with Gasteiger partial charge in [-0.3, -0.25) is 4.79 Å². The third-order valence-electron chi connectivity index (χ3n) is 3.07. The minimum Gasteiger partial charge on any atom is -0.489 e. The first kappa shape index (κ1) is 17.6. The van der Waals surface area contributed by atoms with Crippen LogP contribution < -0.4 is 15.4 Å². The van der Waals surface area contributed by atoms with Crippen LogP contribution in [0.3, 0.4) is 0 Å². The fourth-order valence-corrected chi connectivity index (χ4v) is 2.02. The number of ether oxygens (including phenoxy) is 3. The van der Waals surface area contributed by atoms with Gasteiger partial charge in [0.25, 0.3) is 5.91 Å². The Hall–Kier alpha value is -2.77. The molecule has 0 saturated heterocycles. The van der Waals surface area contributed by atoms with Crippen molar-refractivity contribution in [1.82, 2.24) is 5.32 Å². The van der Waals surface area contributed by atoms with Crippen LogP contribution in [0.1, 0.15) is 31.1 Å². The number of hydrogen-bond donors (Lipinski definition) is 2. The van der Waals surface area contributed by atoms with E-state index in [4.69, 9.17) is 9.47 Å². The van der Waals surface area contributed by atoms with E-state index in [0.717, 1.165) is 0 Å². The van der Waals surface area contributed by atoms with E-state index in [9.17, 15) is 14.4 Å². The van der Waals surface area contributed by atoms with Gasteiger partial charge in [-0.05, 0) is 39.0 Å². The van der Waals surface area contributed by atoms with Crippen LogP contribution in [0.15, 0.2) is 18.2 Å². The van der Waals surface area contributed by atoms with Gasteiger partial charge in [-0.1, -0.05) is 0 Å². The molecule has 0 fully saturated rings. The minimum absolute atomic E-state index is 0.0599. The lowest BCUT2D eigenvalue weighted by molar-refractivity contribution is -0.118. The van der Waals surface area contributed by atoms with Gasteiger partial charge in [0.2, 0.25) is 0 Å². The van der Waals surface area contributed by atoms with Gasteiger partial charge in [0.1, 0.15) is 24.0 Å². The molecule has 0 aliphatic carbocycles. The minimum atomic E-state index is -0.922. The standard InChI is InChI=1S/C16H20N2O6/c1-16(2,3)24-15(21)18-11-8-23-12-6-5-9(14(20)22-4)7-10(12)17-13(11)19/h5-7,11H,8H2,1-4H3,(H,17,19)(H,18,21). The van der Waals surface area contributed by atoms with Crippen LogP contribution in [0.25, 0.3) is 0 Å². The quantitative estimate of drug-likeness (QED) is 0.797. The van der Waals surface area contributed by atoms with Gasteiger partial charge in [-0.15, -0.1) is 0 Å². The maximum atomic E-state index is 12.3. The second-order valence-electron chi connectivity index (χ2n) is 6.20. The van der Waals surface area contributed by atoms with E-state index in [1.807, 2.05) is 0 Å². The van der Waals surface area contributed by atoms with Crippen LogP contribution in [-0.2, 0) is 14.3 Å². The second kappa shape index (κ2) is 6.77. The van der Waals surface area contributed by atoms with Crippen molar-refractivity contribution in [3.05, 3.63) is 23.8 Å². The molecule has 0 radical (unpaired) electrons. The average Bonchev–Trinajstić information content (AvgIpc) is 2.63. The van der Waals surface area contributed by atoms with Gasteiger partial charge in [0.05, 0.1) is 18.4 Å². The number of benzene rings is 1. The fraction of sp³-hybridized carbons (Fsp3) is 0.438.